The summed E-state index contributed by atoms with van der Waals surface area (Å²) in [6.07, 6.45) is 9.83. The molecule has 1 aliphatic rings. The standard InChI is InChI=1S/C13H14N2/c1-11-5-4-8-15(12(11)2)10-13-6-3-7-14-9-13/h3-9H,2,10H2,1H3. The van der Waals surface area contributed by atoms with E-state index in [9.17, 15) is 0 Å². The molecule has 0 aromatic carbocycles. The summed E-state index contributed by atoms with van der Waals surface area (Å²) in [6, 6.07) is 4.02. The maximum atomic E-state index is 4.10. The van der Waals surface area contributed by atoms with Crippen LogP contribution in [0.2, 0.25) is 0 Å². The van der Waals surface area contributed by atoms with E-state index in [1.165, 1.54) is 11.1 Å². The molecule has 2 heteroatoms. The smallest absolute Gasteiger partial charge is 0.0491 e. The minimum atomic E-state index is 0.828. The summed E-state index contributed by atoms with van der Waals surface area (Å²) in [5, 5.41) is 0. The van der Waals surface area contributed by atoms with Crippen LogP contribution in [0, 0.1) is 0 Å². The fourth-order valence-corrected chi connectivity index (χ4v) is 1.54. The van der Waals surface area contributed by atoms with E-state index in [0.29, 0.717) is 0 Å². The zero-order valence-electron chi connectivity index (χ0n) is 8.85. The zero-order valence-corrected chi connectivity index (χ0v) is 8.85. The zero-order chi connectivity index (χ0) is 10.7. The van der Waals surface area contributed by atoms with E-state index in [1.807, 2.05) is 24.5 Å². The van der Waals surface area contributed by atoms with Crippen molar-refractivity contribution in [3.05, 3.63) is 66.3 Å². The first-order chi connectivity index (χ1) is 7.27. The number of pyridine rings is 1. The summed E-state index contributed by atoms with van der Waals surface area (Å²) >= 11 is 0. The minimum absolute atomic E-state index is 0.828. The van der Waals surface area contributed by atoms with Crippen LogP contribution in [0.15, 0.2) is 60.7 Å². The molecule has 1 aliphatic heterocycles. The second-order valence-electron chi connectivity index (χ2n) is 3.63. The maximum absolute atomic E-state index is 4.10. The molecule has 0 saturated heterocycles. The Morgan fingerprint density at radius 1 is 1.47 bits per heavy atom. The van der Waals surface area contributed by atoms with Gasteiger partial charge in [0.05, 0.1) is 0 Å². The molecule has 0 atom stereocenters. The van der Waals surface area contributed by atoms with Gasteiger partial charge in [-0.3, -0.25) is 4.98 Å². The molecule has 1 aromatic rings. The first-order valence-corrected chi connectivity index (χ1v) is 4.97. The van der Waals surface area contributed by atoms with Crippen LogP contribution in [0.4, 0.5) is 0 Å². The van der Waals surface area contributed by atoms with E-state index in [0.717, 1.165) is 12.2 Å². The van der Waals surface area contributed by atoms with E-state index < -0.39 is 0 Å². The average Bonchev–Trinajstić information content (AvgIpc) is 2.26. The Balaban J connectivity index is 2.12. The van der Waals surface area contributed by atoms with Gasteiger partial charge in [-0.15, -0.1) is 0 Å². The minimum Gasteiger partial charge on any atom is -0.344 e. The normalized spacial score (nSPS) is 15.4. The first-order valence-electron chi connectivity index (χ1n) is 4.97. The molecule has 0 bridgehead atoms. The Morgan fingerprint density at radius 2 is 2.33 bits per heavy atom. The highest BCUT2D eigenvalue weighted by atomic mass is 15.1. The van der Waals surface area contributed by atoms with Gasteiger partial charge in [0.25, 0.3) is 0 Å². The van der Waals surface area contributed by atoms with Crippen molar-refractivity contribution in [3.8, 4) is 0 Å². The lowest BCUT2D eigenvalue weighted by atomic mass is 10.1. The molecule has 0 spiro atoms. The Morgan fingerprint density at radius 3 is 3.07 bits per heavy atom. The summed E-state index contributed by atoms with van der Waals surface area (Å²) in [4.78, 5) is 6.23. The third-order valence-electron chi connectivity index (χ3n) is 2.49. The highest BCUT2D eigenvalue weighted by Crippen LogP contribution is 2.20. The molecule has 1 aromatic heterocycles. The molecule has 0 N–H and O–H groups in total. The maximum Gasteiger partial charge on any atom is 0.0491 e. The van der Waals surface area contributed by atoms with Gasteiger partial charge >= 0.3 is 0 Å². The molecule has 2 nitrogen and oxygen atoms in total. The average molecular weight is 198 g/mol. The number of rotatable bonds is 2. The van der Waals surface area contributed by atoms with Crippen molar-refractivity contribution >= 4 is 0 Å². The van der Waals surface area contributed by atoms with E-state index >= 15 is 0 Å². The quantitative estimate of drug-likeness (QED) is 0.726. The largest absolute Gasteiger partial charge is 0.344 e. The van der Waals surface area contributed by atoms with Gasteiger partial charge < -0.3 is 4.90 Å². The fraction of sp³-hybridized carbons (Fsp3) is 0.154. The van der Waals surface area contributed by atoms with Crippen LogP contribution in [0.1, 0.15) is 12.5 Å². The summed E-state index contributed by atoms with van der Waals surface area (Å²) in [5.41, 5.74) is 3.46. The SMILES string of the molecule is C=C1C(C)=CC=CN1Cc1cccnc1. The van der Waals surface area contributed by atoms with Crippen molar-refractivity contribution in [2.75, 3.05) is 0 Å². The van der Waals surface area contributed by atoms with Crippen molar-refractivity contribution in [1.82, 2.24) is 9.88 Å². The van der Waals surface area contributed by atoms with Crippen molar-refractivity contribution in [2.24, 2.45) is 0 Å². The summed E-state index contributed by atoms with van der Waals surface area (Å²) in [7, 11) is 0. The molecule has 0 amide bonds. The number of aromatic nitrogens is 1. The van der Waals surface area contributed by atoms with Crippen LogP contribution < -0.4 is 0 Å². The van der Waals surface area contributed by atoms with Crippen molar-refractivity contribution in [2.45, 2.75) is 13.5 Å². The molecule has 2 rings (SSSR count). The highest BCUT2D eigenvalue weighted by molar-refractivity contribution is 5.34. The van der Waals surface area contributed by atoms with Crippen molar-refractivity contribution in [3.63, 3.8) is 0 Å². The summed E-state index contributed by atoms with van der Waals surface area (Å²) < 4.78 is 0. The van der Waals surface area contributed by atoms with Gasteiger partial charge in [0.1, 0.15) is 0 Å². The van der Waals surface area contributed by atoms with Gasteiger partial charge in [-0.25, -0.2) is 0 Å². The van der Waals surface area contributed by atoms with Gasteiger partial charge in [0.2, 0.25) is 0 Å². The topological polar surface area (TPSA) is 16.1 Å². The number of nitrogens with zero attached hydrogens (tertiary/aromatic N) is 2. The molecule has 76 valence electrons. The molecular formula is C13H14N2. The van der Waals surface area contributed by atoms with Crippen LogP contribution in [0.3, 0.4) is 0 Å². The van der Waals surface area contributed by atoms with E-state index in [1.54, 1.807) is 6.20 Å². The van der Waals surface area contributed by atoms with E-state index in [-0.39, 0.29) is 0 Å². The Bertz CT molecular complexity index is 415. The van der Waals surface area contributed by atoms with Gasteiger partial charge in [-0.05, 0) is 30.2 Å². The molecule has 0 saturated carbocycles. The van der Waals surface area contributed by atoms with Crippen LogP contribution in [0.5, 0.6) is 0 Å². The third kappa shape index (κ3) is 2.15. The van der Waals surface area contributed by atoms with E-state index in [4.69, 9.17) is 0 Å². The van der Waals surface area contributed by atoms with Crippen molar-refractivity contribution < 1.29 is 0 Å². The van der Waals surface area contributed by atoms with Gasteiger partial charge in [0, 0.05) is 30.8 Å². The molecule has 0 unspecified atom stereocenters. The summed E-state index contributed by atoms with van der Waals surface area (Å²) in [5.74, 6) is 0. The molecule has 0 fully saturated rings. The molecule has 0 aliphatic carbocycles. The number of allylic oxidation sites excluding steroid dienone is 3. The van der Waals surface area contributed by atoms with Gasteiger partial charge in [0.15, 0.2) is 0 Å². The third-order valence-corrected chi connectivity index (χ3v) is 2.49. The second-order valence-corrected chi connectivity index (χ2v) is 3.63. The summed E-state index contributed by atoms with van der Waals surface area (Å²) in [6.45, 7) is 6.96. The first kappa shape index (κ1) is 9.71. The Labute approximate surface area is 90.3 Å². The predicted octanol–water partition coefficient (Wildman–Crippen LogP) is 2.87. The van der Waals surface area contributed by atoms with Crippen LogP contribution in [-0.2, 0) is 6.54 Å². The molecule has 2 heterocycles. The Hall–Kier alpha value is -1.83. The van der Waals surface area contributed by atoms with Crippen LogP contribution in [-0.4, -0.2) is 9.88 Å². The lowest BCUT2D eigenvalue weighted by molar-refractivity contribution is 0.464. The highest BCUT2D eigenvalue weighted by Gasteiger charge is 2.09. The molecule has 15 heavy (non-hydrogen) atoms. The second kappa shape index (κ2) is 4.13. The predicted molar refractivity (Wildman–Crippen MR) is 61.8 cm³/mol. The van der Waals surface area contributed by atoms with Crippen molar-refractivity contribution in [1.29, 1.82) is 0 Å². The Kier molecular flexibility index (Phi) is 2.68. The van der Waals surface area contributed by atoms with Gasteiger partial charge in [-0.1, -0.05) is 18.7 Å². The van der Waals surface area contributed by atoms with Crippen LogP contribution >= 0.6 is 0 Å². The van der Waals surface area contributed by atoms with Gasteiger partial charge in [-0.2, -0.15) is 0 Å². The van der Waals surface area contributed by atoms with E-state index in [2.05, 4.69) is 35.5 Å². The monoisotopic (exact) mass is 198 g/mol. The molecular weight excluding hydrogens is 184 g/mol. The fourth-order valence-electron chi connectivity index (χ4n) is 1.54. The van der Waals surface area contributed by atoms with Crippen LogP contribution in [0.25, 0.3) is 0 Å². The lowest BCUT2D eigenvalue weighted by Gasteiger charge is -2.25. The molecule has 0 radical (unpaired) electrons. The number of hydrogen-bond donors (Lipinski definition) is 0. The lowest BCUT2D eigenvalue weighted by Crippen LogP contribution is -2.18. The number of hydrogen-bond acceptors (Lipinski definition) is 2.